The van der Waals surface area contributed by atoms with Crippen molar-refractivity contribution in [1.29, 1.82) is 0 Å². The molecular formula is C48H40Cl2I2N2O6S4. The average molecular weight is 1190 g/mol. The van der Waals surface area contributed by atoms with Crippen LogP contribution < -0.4 is 57.1 Å². The summed E-state index contributed by atoms with van der Waals surface area (Å²) in [6.07, 6.45) is 7.54. The second-order valence-electron chi connectivity index (χ2n) is 13.7. The summed E-state index contributed by atoms with van der Waals surface area (Å²) in [4.78, 5) is 55.0. The molecule has 0 saturated carbocycles. The summed E-state index contributed by atoms with van der Waals surface area (Å²) in [5, 5.41) is 1.05. The number of nitrogens with zero attached hydrogens (tertiary/aromatic N) is 2. The lowest BCUT2D eigenvalue weighted by atomic mass is 10.0. The van der Waals surface area contributed by atoms with Crippen LogP contribution in [0.2, 0.25) is 10.0 Å². The molecule has 0 amide bonds. The van der Waals surface area contributed by atoms with Crippen molar-refractivity contribution >= 4 is 92.9 Å². The van der Waals surface area contributed by atoms with E-state index in [2.05, 4.69) is 24.3 Å². The van der Waals surface area contributed by atoms with Gasteiger partial charge in [0.2, 0.25) is 22.9 Å². The highest BCUT2D eigenvalue weighted by atomic mass is 127. The molecule has 0 aliphatic rings. The molecule has 0 spiro atoms. The van der Waals surface area contributed by atoms with Crippen LogP contribution in [-0.2, 0) is 43.4 Å². The van der Waals surface area contributed by atoms with Gasteiger partial charge < -0.3 is 57.4 Å². The molecule has 8 nitrogen and oxygen atoms in total. The number of rotatable bonds is 18. The van der Waals surface area contributed by atoms with Gasteiger partial charge in [-0.2, -0.15) is 9.13 Å². The van der Waals surface area contributed by atoms with E-state index in [1.807, 2.05) is 70.3 Å². The van der Waals surface area contributed by atoms with Gasteiger partial charge in [0.25, 0.3) is 0 Å². The number of aromatic nitrogens is 2. The molecule has 4 aromatic heterocycles. The van der Waals surface area contributed by atoms with Crippen molar-refractivity contribution in [2.24, 2.45) is 0 Å². The average Bonchev–Trinajstić information content (AvgIpc) is 3.83. The molecule has 16 heteroatoms. The van der Waals surface area contributed by atoms with E-state index in [1.54, 1.807) is 85.9 Å². The number of esters is 2. The number of thioether (sulfide) groups is 2. The molecular weight excluding hydrogens is 1150 g/mol. The number of ether oxygens (including phenoxy) is 2. The monoisotopic (exact) mass is 1190 g/mol. The van der Waals surface area contributed by atoms with E-state index in [1.165, 1.54) is 22.7 Å². The summed E-state index contributed by atoms with van der Waals surface area (Å²) in [7, 11) is 0. The van der Waals surface area contributed by atoms with Gasteiger partial charge in [-0.05, 0) is 73.5 Å². The summed E-state index contributed by atoms with van der Waals surface area (Å²) in [5.41, 5.74) is 5.88. The van der Waals surface area contributed by atoms with Gasteiger partial charge in [-0.1, -0.05) is 59.6 Å². The summed E-state index contributed by atoms with van der Waals surface area (Å²) < 4.78 is 16.4. The molecule has 0 N–H and O–H groups in total. The fourth-order valence-electron chi connectivity index (χ4n) is 6.58. The van der Waals surface area contributed by atoms with Crippen molar-refractivity contribution < 1.29 is 85.7 Å². The van der Waals surface area contributed by atoms with Gasteiger partial charge in [0, 0.05) is 56.9 Å². The third-order valence-electron chi connectivity index (χ3n) is 9.48. The maximum absolute atomic E-state index is 14.0. The molecule has 0 radical (unpaired) electrons. The minimum atomic E-state index is -0.408. The van der Waals surface area contributed by atoms with E-state index in [0.29, 0.717) is 53.6 Å². The smallest absolute Gasteiger partial charge is 0.310 e. The van der Waals surface area contributed by atoms with Crippen LogP contribution in [-0.4, -0.2) is 36.7 Å². The minimum absolute atomic E-state index is 0. The Kier molecular flexibility index (Phi) is 19.9. The first-order valence-corrected chi connectivity index (χ1v) is 24.0. The van der Waals surface area contributed by atoms with E-state index >= 15 is 0 Å². The zero-order valence-electron chi connectivity index (χ0n) is 34.4. The van der Waals surface area contributed by atoms with Crippen LogP contribution in [0.15, 0.2) is 142 Å². The van der Waals surface area contributed by atoms with Crippen LogP contribution in [0.1, 0.15) is 66.6 Å². The van der Waals surface area contributed by atoms with Gasteiger partial charge in [0.1, 0.15) is 8.42 Å². The molecule has 3 aromatic carbocycles. The molecule has 0 bridgehead atoms. The highest BCUT2D eigenvalue weighted by molar-refractivity contribution is 8.00. The van der Waals surface area contributed by atoms with Crippen LogP contribution in [0.25, 0.3) is 11.4 Å². The highest BCUT2D eigenvalue weighted by Gasteiger charge is 2.33. The Labute approximate surface area is 432 Å². The number of benzene rings is 3. The Hall–Kier alpha value is -3.62. The molecule has 330 valence electrons. The van der Waals surface area contributed by atoms with Crippen molar-refractivity contribution in [2.45, 2.75) is 46.6 Å². The van der Waals surface area contributed by atoms with Crippen LogP contribution in [0.5, 0.6) is 0 Å². The number of hydrogen-bond donors (Lipinski definition) is 0. The minimum Gasteiger partial charge on any atom is -1.00 e. The van der Waals surface area contributed by atoms with Gasteiger partial charge >= 0.3 is 11.9 Å². The third kappa shape index (κ3) is 12.8. The number of ketones is 2. The Balaban J connectivity index is 0.00000385. The third-order valence-corrected chi connectivity index (χ3v) is 15.1. The molecule has 0 aliphatic heterocycles. The number of halogens is 4. The van der Waals surface area contributed by atoms with E-state index < -0.39 is 11.9 Å². The first-order valence-electron chi connectivity index (χ1n) is 19.6. The summed E-state index contributed by atoms with van der Waals surface area (Å²) >= 11 is 18.3. The molecule has 0 aliphatic carbocycles. The summed E-state index contributed by atoms with van der Waals surface area (Å²) in [5.74, 6) is 0.0201. The number of carbonyl (C=O) groups excluding carboxylic acids is 4. The number of pyridine rings is 2. The molecule has 0 unspecified atom stereocenters. The molecule has 4 heterocycles. The zero-order valence-corrected chi connectivity index (χ0v) is 43.5. The van der Waals surface area contributed by atoms with Crippen molar-refractivity contribution in [3.63, 3.8) is 0 Å². The van der Waals surface area contributed by atoms with Crippen molar-refractivity contribution in [3.05, 3.63) is 187 Å². The SMILES string of the molecule is CCOC(=O)Cc1c(C(=O)c2ccc(Cl)cc2)sc(SCc2ccc(CSc3sc(C(=O)c4ccc(Cl)cc4)c(CC(=O)OCC)c3-[n+]3ccccc3)cc2)c1-[n+]1ccccc1.[I-].[I-]. The van der Waals surface area contributed by atoms with Crippen LogP contribution in [0, 0.1) is 0 Å². The maximum atomic E-state index is 14.0. The quantitative estimate of drug-likeness (QED) is 0.0393. The zero-order chi connectivity index (χ0) is 43.6. The molecule has 0 atom stereocenters. The van der Waals surface area contributed by atoms with Gasteiger partial charge in [-0.15, -0.1) is 46.2 Å². The fourth-order valence-corrected chi connectivity index (χ4v) is 11.9. The first kappa shape index (κ1) is 51.4. The highest BCUT2D eigenvalue weighted by Crippen LogP contribution is 2.42. The second kappa shape index (κ2) is 24.8. The van der Waals surface area contributed by atoms with E-state index in [9.17, 15) is 19.2 Å². The first-order chi connectivity index (χ1) is 30.1. The van der Waals surface area contributed by atoms with E-state index in [4.69, 9.17) is 32.7 Å². The predicted molar refractivity (Wildman–Crippen MR) is 248 cm³/mol. The predicted octanol–water partition coefficient (Wildman–Crippen LogP) is 4.94. The Bertz CT molecular complexity index is 2510. The van der Waals surface area contributed by atoms with E-state index in [0.717, 1.165) is 30.9 Å². The van der Waals surface area contributed by atoms with Gasteiger partial charge in [0.15, 0.2) is 24.8 Å². The lowest BCUT2D eigenvalue weighted by Crippen LogP contribution is -3.00. The number of carbonyl (C=O) groups is 4. The molecule has 0 fully saturated rings. The van der Waals surface area contributed by atoms with Crippen molar-refractivity contribution in [1.82, 2.24) is 0 Å². The Morgan fingerprint density at radius 1 is 0.531 bits per heavy atom. The summed E-state index contributed by atoms with van der Waals surface area (Å²) in [6, 6.07) is 33.4. The fraction of sp³-hybridized carbons (Fsp3) is 0.167. The van der Waals surface area contributed by atoms with Gasteiger partial charge in [0.05, 0.1) is 46.9 Å². The molecule has 0 saturated heterocycles. The summed E-state index contributed by atoms with van der Waals surface area (Å²) in [6.45, 7) is 3.99. The van der Waals surface area contributed by atoms with Crippen LogP contribution in [0.3, 0.4) is 0 Å². The molecule has 7 aromatic rings. The van der Waals surface area contributed by atoms with Crippen LogP contribution >= 0.6 is 69.4 Å². The topological polar surface area (TPSA) is 94.5 Å². The standard InChI is InChI=1S/C48H40Cl2N2O6S4.2HI/c1-3-57-39(53)27-37-41(51-23-7-5-8-24-51)47(61-45(37)43(55)33-15-19-35(49)20-16-33)59-29-31-11-13-32(14-12-31)30-60-48-42(52-25-9-6-10-26-52)38(28-40(54)58-4-2)46(62-48)44(56)34-17-21-36(50)22-18-34;;/h5-26H,3-4,27-30H2,1-2H3;2*1H/q+2;;/p-2. The maximum Gasteiger partial charge on any atom is 0.310 e. The molecule has 7 rings (SSSR count). The molecule has 64 heavy (non-hydrogen) atoms. The van der Waals surface area contributed by atoms with Gasteiger partial charge in [-0.3, -0.25) is 19.2 Å². The normalized spacial score (nSPS) is 10.7. The largest absolute Gasteiger partial charge is 1.00 e. The van der Waals surface area contributed by atoms with Crippen molar-refractivity contribution in [3.8, 4) is 11.4 Å². The van der Waals surface area contributed by atoms with Crippen LogP contribution in [0.4, 0.5) is 0 Å². The van der Waals surface area contributed by atoms with Crippen molar-refractivity contribution in [2.75, 3.05) is 13.2 Å². The number of thiophene rings is 2. The Morgan fingerprint density at radius 2 is 0.875 bits per heavy atom. The lowest BCUT2D eigenvalue weighted by molar-refractivity contribution is -0.598. The number of hydrogen-bond acceptors (Lipinski definition) is 10. The van der Waals surface area contributed by atoms with E-state index in [-0.39, 0.29) is 85.6 Å². The Morgan fingerprint density at radius 3 is 1.20 bits per heavy atom. The lowest BCUT2D eigenvalue weighted by Gasteiger charge is -2.06. The second-order valence-corrected chi connectivity index (χ2v) is 19.1. The van der Waals surface area contributed by atoms with Gasteiger partial charge in [-0.25, -0.2) is 0 Å².